The van der Waals surface area contributed by atoms with Gasteiger partial charge in [0.1, 0.15) is 16.5 Å². The van der Waals surface area contributed by atoms with Crippen molar-refractivity contribution in [2.45, 2.75) is 13.8 Å². The number of nitrogens with one attached hydrogen (secondary N) is 1. The molecule has 9 heteroatoms. The van der Waals surface area contributed by atoms with Crippen LogP contribution in [0.25, 0.3) is 0 Å². The number of amides is 2. The van der Waals surface area contributed by atoms with Gasteiger partial charge in [0.25, 0.3) is 11.8 Å². The van der Waals surface area contributed by atoms with Gasteiger partial charge in [-0.05, 0) is 85.6 Å². The van der Waals surface area contributed by atoms with Gasteiger partial charge in [0.05, 0.1) is 23.9 Å². The van der Waals surface area contributed by atoms with Gasteiger partial charge in [0.2, 0.25) is 0 Å². The normalized spacial score (nSPS) is 13.2. The number of benzene rings is 3. The molecule has 0 radical (unpaired) electrons. The second-order valence-electron chi connectivity index (χ2n) is 8.01. The first kappa shape index (κ1) is 24.7. The van der Waals surface area contributed by atoms with Gasteiger partial charge in [-0.3, -0.25) is 9.59 Å². The van der Waals surface area contributed by atoms with Gasteiger partial charge in [0.15, 0.2) is 0 Å². The molecule has 0 aliphatic carbocycles. The van der Waals surface area contributed by atoms with Crippen LogP contribution in [-0.4, -0.2) is 30.9 Å². The molecule has 0 unspecified atom stereocenters. The maximum atomic E-state index is 13.0. The van der Waals surface area contributed by atoms with Crippen LogP contribution in [0.3, 0.4) is 0 Å². The lowest BCUT2D eigenvalue weighted by atomic mass is 10.1. The number of anilines is 2. The highest BCUT2D eigenvalue weighted by Crippen LogP contribution is 2.30. The summed E-state index contributed by atoms with van der Waals surface area (Å²) in [5.41, 5.74) is 3.26. The number of ether oxygens (including phenoxy) is 2. The Kier molecular flexibility index (Phi) is 6.89. The smallest absolute Gasteiger partial charge is 0.343 e. The summed E-state index contributed by atoms with van der Waals surface area (Å²) < 4.78 is 10.1. The molecule has 1 aliphatic heterocycles. The van der Waals surface area contributed by atoms with Gasteiger partial charge in [-0.2, -0.15) is 0 Å². The summed E-state index contributed by atoms with van der Waals surface area (Å²) in [7, 11) is 1.26. The maximum Gasteiger partial charge on any atom is 0.343 e. The van der Waals surface area contributed by atoms with Gasteiger partial charge in [-0.25, -0.2) is 14.5 Å². The number of imide groups is 1. The van der Waals surface area contributed by atoms with Crippen LogP contribution in [0.5, 0.6) is 5.75 Å². The zero-order valence-electron chi connectivity index (χ0n) is 19.6. The van der Waals surface area contributed by atoms with Gasteiger partial charge >= 0.3 is 11.9 Å². The molecule has 1 N–H and O–H groups in total. The Labute approximate surface area is 212 Å². The molecule has 0 saturated carbocycles. The Bertz CT molecular complexity index is 1410. The van der Waals surface area contributed by atoms with Crippen LogP contribution in [0.4, 0.5) is 11.4 Å². The van der Waals surface area contributed by atoms with Gasteiger partial charge in [-0.1, -0.05) is 17.7 Å². The third-order valence-corrected chi connectivity index (χ3v) is 6.00. The minimum absolute atomic E-state index is 0.107. The number of carbonyl (C=O) groups is 4. The molecule has 1 aliphatic rings. The van der Waals surface area contributed by atoms with Crippen molar-refractivity contribution in [1.29, 1.82) is 0 Å². The largest absolute Gasteiger partial charge is 0.465 e. The van der Waals surface area contributed by atoms with E-state index in [1.807, 2.05) is 19.9 Å². The van der Waals surface area contributed by atoms with Gasteiger partial charge in [-0.15, -0.1) is 0 Å². The van der Waals surface area contributed by atoms with Crippen molar-refractivity contribution in [3.05, 3.63) is 99.7 Å². The van der Waals surface area contributed by atoms with E-state index in [0.717, 1.165) is 16.0 Å². The van der Waals surface area contributed by atoms with E-state index in [1.54, 1.807) is 24.3 Å². The molecule has 8 nitrogen and oxygen atoms in total. The summed E-state index contributed by atoms with van der Waals surface area (Å²) in [5.74, 6) is -1.99. The molecule has 182 valence electrons. The van der Waals surface area contributed by atoms with Crippen molar-refractivity contribution >= 4 is 46.7 Å². The first-order chi connectivity index (χ1) is 17.2. The van der Waals surface area contributed by atoms with Crippen LogP contribution < -0.4 is 15.0 Å². The minimum Gasteiger partial charge on any atom is -0.465 e. The van der Waals surface area contributed by atoms with Gasteiger partial charge < -0.3 is 14.8 Å². The van der Waals surface area contributed by atoms with E-state index in [1.165, 1.54) is 43.5 Å². The third kappa shape index (κ3) is 4.85. The number of aryl methyl sites for hydroxylation is 2. The quantitative estimate of drug-likeness (QED) is 0.294. The van der Waals surface area contributed by atoms with E-state index in [-0.39, 0.29) is 22.0 Å². The number of carbonyl (C=O) groups excluding carboxylic acids is 4. The number of hydrogen-bond donors (Lipinski definition) is 1. The molecule has 2 amide bonds. The lowest BCUT2D eigenvalue weighted by molar-refractivity contribution is -0.120. The van der Waals surface area contributed by atoms with Crippen LogP contribution in [-0.2, 0) is 14.3 Å². The van der Waals surface area contributed by atoms with Crippen molar-refractivity contribution in [2.75, 3.05) is 17.3 Å². The fourth-order valence-electron chi connectivity index (χ4n) is 3.49. The highest BCUT2D eigenvalue weighted by atomic mass is 35.5. The van der Waals surface area contributed by atoms with E-state index in [0.29, 0.717) is 17.0 Å². The fraction of sp³-hybridized carbons (Fsp3) is 0.111. The molecular weight excluding hydrogens is 484 g/mol. The predicted molar refractivity (Wildman–Crippen MR) is 134 cm³/mol. The minimum atomic E-state index is -0.705. The molecular formula is C27H21ClN2O6. The van der Waals surface area contributed by atoms with E-state index in [4.69, 9.17) is 16.3 Å². The maximum absolute atomic E-state index is 13.0. The SMILES string of the molecule is COC(=O)c1ccc(N2C(=O)C(Cl)=C(Nc3ccc(C(=O)Oc4ccc(C)c(C)c4)cc3)C2=O)cc1. The predicted octanol–water partition coefficient (Wildman–Crippen LogP) is 4.74. The Hall–Kier alpha value is -4.43. The molecule has 0 fully saturated rings. The number of esters is 2. The monoisotopic (exact) mass is 504 g/mol. The Morgan fingerprint density at radius 3 is 2.03 bits per heavy atom. The number of halogens is 1. The standard InChI is InChI=1S/C27H21ClN2O6/c1-15-4-13-21(14-16(15)2)36-27(34)18-5-9-19(10-6-18)29-23-22(28)24(31)30(25(23)32)20-11-7-17(8-12-20)26(33)35-3/h4-14,29H,1-3H3. The van der Waals surface area contributed by atoms with Crippen LogP contribution in [0.2, 0.25) is 0 Å². The average molecular weight is 505 g/mol. The Morgan fingerprint density at radius 2 is 1.42 bits per heavy atom. The summed E-state index contributed by atoms with van der Waals surface area (Å²) in [4.78, 5) is 50.7. The van der Waals surface area contributed by atoms with E-state index in [2.05, 4.69) is 10.1 Å². The van der Waals surface area contributed by atoms with Crippen molar-refractivity contribution in [2.24, 2.45) is 0 Å². The second kappa shape index (κ2) is 10.1. The van der Waals surface area contributed by atoms with Gasteiger partial charge in [0, 0.05) is 5.69 Å². The summed E-state index contributed by atoms with van der Waals surface area (Å²) in [6, 6.07) is 17.4. The Morgan fingerprint density at radius 1 is 0.806 bits per heavy atom. The Balaban J connectivity index is 1.46. The lowest BCUT2D eigenvalue weighted by Gasteiger charge is -2.15. The first-order valence-electron chi connectivity index (χ1n) is 10.8. The highest BCUT2D eigenvalue weighted by molar-refractivity contribution is 6.53. The van der Waals surface area contributed by atoms with Crippen LogP contribution in [0.15, 0.2) is 77.5 Å². The lowest BCUT2D eigenvalue weighted by Crippen LogP contribution is -2.32. The van der Waals surface area contributed by atoms with Crippen molar-refractivity contribution in [3.8, 4) is 5.75 Å². The second-order valence-corrected chi connectivity index (χ2v) is 8.39. The zero-order valence-corrected chi connectivity index (χ0v) is 20.4. The molecule has 36 heavy (non-hydrogen) atoms. The molecule has 3 aromatic rings. The van der Waals surface area contributed by atoms with E-state index < -0.39 is 23.8 Å². The molecule has 3 aromatic carbocycles. The summed E-state index contributed by atoms with van der Waals surface area (Å²) in [5, 5.41) is 2.57. The molecule has 0 saturated heterocycles. The van der Waals surface area contributed by atoms with E-state index in [9.17, 15) is 19.2 Å². The molecule has 0 bridgehead atoms. The summed E-state index contributed by atoms with van der Waals surface area (Å²) >= 11 is 6.17. The topological polar surface area (TPSA) is 102 Å². The first-order valence-corrected chi connectivity index (χ1v) is 11.2. The van der Waals surface area contributed by atoms with Crippen molar-refractivity contribution in [3.63, 3.8) is 0 Å². The van der Waals surface area contributed by atoms with Crippen LogP contribution in [0, 0.1) is 13.8 Å². The van der Waals surface area contributed by atoms with Crippen LogP contribution in [0.1, 0.15) is 31.8 Å². The molecule has 0 aromatic heterocycles. The summed E-state index contributed by atoms with van der Waals surface area (Å²) in [6.07, 6.45) is 0. The fourth-order valence-corrected chi connectivity index (χ4v) is 3.70. The number of hydrogen-bond acceptors (Lipinski definition) is 7. The van der Waals surface area contributed by atoms with Crippen molar-refractivity contribution < 1.29 is 28.7 Å². The number of nitrogens with zero attached hydrogens (tertiary/aromatic N) is 1. The van der Waals surface area contributed by atoms with Crippen LogP contribution >= 0.6 is 11.6 Å². The number of rotatable bonds is 6. The number of methoxy groups -OCH3 is 1. The molecule has 0 spiro atoms. The van der Waals surface area contributed by atoms with E-state index >= 15 is 0 Å². The molecule has 1 heterocycles. The zero-order chi connectivity index (χ0) is 26.0. The van der Waals surface area contributed by atoms with Crippen molar-refractivity contribution in [1.82, 2.24) is 0 Å². The third-order valence-electron chi connectivity index (χ3n) is 5.65. The summed E-state index contributed by atoms with van der Waals surface area (Å²) in [6.45, 7) is 3.90. The highest BCUT2D eigenvalue weighted by Gasteiger charge is 2.39. The molecule has 0 atom stereocenters. The average Bonchev–Trinajstić information content (AvgIpc) is 3.09. The molecule has 4 rings (SSSR count).